The average molecular weight is 374 g/mol. The molecule has 0 aliphatic heterocycles. The highest BCUT2D eigenvalue weighted by molar-refractivity contribution is 7.08. The molecule has 7 heteroatoms. The maximum Gasteiger partial charge on any atom is 0.338 e. The van der Waals surface area contributed by atoms with Gasteiger partial charge >= 0.3 is 5.97 Å². The summed E-state index contributed by atoms with van der Waals surface area (Å²) < 4.78 is 5.13. The van der Waals surface area contributed by atoms with E-state index in [0.29, 0.717) is 23.4 Å². The van der Waals surface area contributed by atoms with Gasteiger partial charge in [0.15, 0.2) is 0 Å². The number of carbonyl (C=O) groups excluding carboxylic acids is 3. The molecule has 1 aromatic heterocycles. The molecule has 138 valence electrons. The first-order valence-electron chi connectivity index (χ1n) is 8.47. The molecule has 2 rings (SSSR count). The van der Waals surface area contributed by atoms with Crippen molar-refractivity contribution in [2.75, 3.05) is 18.5 Å². The Balaban J connectivity index is 1.73. The standard InChI is InChI=1S/C19H22N2O4S/c1-2-3-11-25-19(24)14-4-6-16(7-5-14)21-17(22)8-10-20-18(23)15-9-12-26-13-15/h4-7,9,12-13H,2-3,8,10-11H2,1H3,(H,20,23)(H,21,22). The summed E-state index contributed by atoms with van der Waals surface area (Å²) in [6, 6.07) is 8.26. The van der Waals surface area contributed by atoms with Crippen molar-refractivity contribution in [2.24, 2.45) is 0 Å². The van der Waals surface area contributed by atoms with Gasteiger partial charge in [-0.25, -0.2) is 4.79 Å². The molecule has 1 heterocycles. The van der Waals surface area contributed by atoms with Crippen molar-refractivity contribution >= 4 is 34.8 Å². The molecule has 0 bridgehead atoms. The van der Waals surface area contributed by atoms with Crippen LogP contribution in [-0.2, 0) is 9.53 Å². The van der Waals surface area contributed by atoms with E-state index < -0.39 is 0 Å². The monoisotopic (exact) mass is 374 g/mol. The second-order valence-electron chi connectivity index (χ2n) is 5.63. The second-order valence-corrected chi connectivity index (χ2v) is 6.41. The van der Waals surface area contributed by atoms with Gasteiger partial charge < -0.3 is 15.4 Å². The van der Waals surface area contributed by atoms with Crippen LogP contribution in [0.1, 0.15) is 46.9 Å². The lowest BCUT2D eigenvalue weighted by Crippen LogP contribution is -2.27. The summed E-state index contributed by atoms with van der Waals surface area (Å²) in [6.45, 7) is 2.69. The first-order valence-corrected chi connectivity index (χ1v) is 9.42. The van der Waals surface area contributed by atoms with Gasteiger partial charge in [0.1, 0.15) is 0 Å². The minimum absolute atomic E-state index is 0.163. The fourth-order valence-electron chi connectivity index (χ4n) is 2.09. The molecule has 0 spiro atoms. The molecule has 2 N–H and O–H groups in total. The predicted molar refractivity (Wildman–Crippen MR) is 102 cm³/mol. The van der Waals surface area contributed by atoms with Crippen LogP contribution >= 0.6 is 11.3 Å². The molecule has 26 heavy (non-hydrogen) atoms. The number of rotatable bonds is 9. The van der Waals surface area contributed by atoms with Crippen molar-refractivity contribution in [2.45, 2.75) is 26.2 Å². The third kappa shape index (κ3) is 6.33. The largest absolute Gasteiger partial charge is 0.462 e. The summed E-state index contributed by atoms with van der Waals surface area (Å²) in [5.74, 6) is -0.772. The minimum atomic E-state index is -0.368. The van der Waals surface area contributed by atoms with Crippen molar-refractivity contribution in [3.8, 4) is 0 Å². The van der Waals surface area contributed by atoms with Crippen molar-refractivity contribution in [1.82, 2.24) is 5.32 Å². The topological polar surface area (TPSA) is 84.5 Å². The van der Waals surface area contributed by atoms with Gasteiger partial charge in [-0.3, -0.25) is 9.59 Å². The van der Waals surface area contributed by atoms with E-state index in [-0.39, 0.29) is 30.7 Å². The number of ether oxygens (including phenoxy) is 1. The number of esters is 1. The Hall–Kier alpha value is -2.67. The van der Waals surface area contributed by atoms with Crippen molar-refractivity contribution < 1.29 is 19.1 Å². The summed E-state index contributed by atoms with van der Waals surface area (Å²) >= 11 is 1.44. The molecule has 0 aliphatic rings. The van der Waals surface area contributed by atoms with E-state index >= 15 is 0 Å². The fourth-order valence-corrected chi connectivity index (χ4v) is 2.73. The zero-order valence-electron chi connectivity index (χ0n) is 14.6. The molecule has 6 nitrogen and oxygen atoms in total. The summed E-state index contributed by atoms with van der Waals surface area (Å²) in [4.78, 5) is 35.5. The second kappa shape index (κ2) is 10.4. The first-order chi connectivity index (χ1) is 12.6. The van der Waals surface area contributed by atoms with Crippen LogP contribution in [0.2, 0.25) is 0 Å². The predicted octanol–water partition coefficient (Wildman–Crippen LogP) is 3.46. The molecule has 0 fully saturated rings. The maximum atomic E-state index is 11.9. The number of anilines is 1. The van der Waals surface area contributed by atoms with Crippen molar-refractivity contribution in [3.05, 3.63) is 52.2 Å². The van der Waals surface area contributed by atoms with Gasteiger partial charge in [0.05, 0.1) is 12.2 Å². The molecule has 0 saturated carbocycles. The van der Waals surface area contributed by atoms with Crippen LogP contribution in [0.4, 0.5) is 5.69 Å². The molecule has 0 radical (unpaired) electrons. The van der Waals surface area contributed by atoms with Crippen molar-refractivity contribution in [3.63, 3.8) is 0 Å². The first kappa shape index (κ1) is 19.7. The third-order valence-electron chi connectivity index (χ3n) is 3.56. The number of benzene rings is 1. The smallest absolute Gasteiger partial charge is 0.338 e. The average Bonchev–Trinajstić information content (AvgIpc) is 3.17. The van der Waals surface area contributed by atoms with Crippen LogP contribution in [0, 0.1) is 0 Å². The highest BCUT2D eigenvalue weighted by Gasteiger charge is 2.09. The molecule has 0 atom stereocenters. The van der Waals surface area contributed by atoms with Gasteiger partial charge in [-0.05, 0) is 42.1 Å². The minimum Gasteiger partial charge on any atom is -0.462 e. The molecular weight excluding hydrogens is 352 g/mol. The zero-order chi connectivity index (χ0) is 18.8. The summed E-state index contributed by atoms with van der Waals surface area (Å²) in [6.07, 6.45) is 1.96. The Morgan fingerprint density at radius 1 is 1.08 bits per heavy atom. The number of carbonyl (C=O) groups is 3. The van der Waals surface area contributed by atoms with Crippen LogP contribution in [0.25, 0.3) is 0 Å². The van der Waals surface area contributed by atoms with Crippen LogP contribution < -0.4 is 10.6 Å². The number of hydrogen-bond acceptors (Lipinski definition) is 5. The van der Waals surface area contributed by atoms with Crippen LogP contribution in [0.5, 0.6) is 0 Å². The van der Waals surface area contributed by atoms with E-state index in [1.54, 1.807) is 35.7 Å². The Morgan fingerprint density at radius 2 is 1.85 bits per heavy atom. The van der Waals surface area contributed by atoms with E-state index in [4.69, 9.17) is 4.74 Å². The van der Waals surface area contributed by atoms with Gasteiger partial charge in [0.2, 0.25) is 5.91 Å². The molecule has 0 unspecified atom stereocenters. The quantitative estimate of drug-likeness (QED) is 0.520. The molecule has 0 saturated heterocycles. The number of amides is 2. The molecular formula is C19H22N2O4S. The van der Waals surface area contributed by atoms with E-state index in [9.17, 15) is 14.4 Å². The van der Waals surface area contributed by atoms with E-state index in [0.717, 1.165) is 12.8 Å². The van der Waals surface area contributed by atoms with Gasteiger partial charge in [-0.2, -0.15) is 11.3 Å². The number of hydrogen-bond donors (Lipinski definition) is 2. The Labute approximate surface area is 156 Å². The van der Waals surface area contributed by atoms with Crippen LogP contribution in [-0.4, -0.2) is 30.9 Å². The lowest BCUT2D eigenvalue weighted by atomic mass is 10.2. The SMILES string of the molecule is CCCCOC(=O)c1ccc(NC(=O)CCNC(=O)c2ccsc2)cc1. The summed E-state index contributed by atoms with van der Waals surface area (Å²) in [5, 5.41) is 9.00. The highest BCUT2D eigenvalue weighted by atomic mass is 32.1. The van der Waals surface area contributed by atoms with Crippen LogP contribution in [0.3, 0.4) is 0 Å². The van der Waals surface area contributed by atoms with Gasteiger partial charge in [0, 0.05) is 29.6 Å². The van der Waals surface area contributed by atoms with Gasteiger partial charge in [0.25, 0.3) is 5.91 Å². The Morgan fingerprint density at radius 3 is 2.50 bits per heavy atom. The summed E-state index contributed by atoms with van der Waals surface area (Å²) in [7, 11) is 0. The lowest BCUT2D eigenvalue weighted by molar-refractivity contribution is -0.116. The fraction of sp³-hybridized carbons (Fsp3) is 0.316. The number of nitrogens with one attached hydrogen (secondary N) is 2. The Bertz CT molecular complexity index is 727. The number of unbranched alkanes of at least 4 members (excludes halogenated alkanes) is 1. The number of thiophene rings is 1. The van der Waals surface area contributed by atoms with Gasteiger partial charge in [-0.15, -0.1) is 0 Å². The highest BCUT2D eigenvalue weighted by Crippen LogP contribution is 2.11. The molecule has 0 aliphatic carbocycles. The van der Waals surface area contributed by atoms with E-state index in [1.165, 1.54) is 11.3 Å². The molecule has 1 aromatic carbocycles. The third-order valence-corrected chi connectivity index (χ3v) is 4.24. The lowest BCUT2D eigenvalue weighted by Gasteiger charge is -2.08. The summed E-state index contributed by atoms with van der Waals surface area (Å²) in [5.41, 5.74) is 1.63. The van der Waals surface area contributed by atoms with Crippen LogP contribution in [0.15, 0.2) is 41.1 Å². The maximum absolute atomic E-state index is 11.9. The van der Waals surface area contributed by atoms with E-state index in [1.807, 2.05) is 12.3 Å². The van der Waals surface area contributed by atoms with Crippen molar-refractivity contribution in [1.29, 1.82) is 0 Å². The zero-order valence-corrected chi connectivity index (χ0v) is 15.4. The van der Waals surface area contributed by atoms with E-state index in [2.05, 4.69) is 10.6 Å². The van der Waals surface area contributed by atoms with Gasteiger partial charge in [-0.1, -0.05) is 13.3 Å². The molecule has 2 aromatic rings. The Kier molecular flexibility index (Phi) is 7.82. The molecule has 2 amide bonds. The normalized spacial score (nSPS) is 10.2.